The smallest absolute Gasteiger partial charge is 0.324 e. The molecule has 0 bridgehead atoms. The van der Waals surface area contributed by atoms with E-state index in [9.17, 15) is 15.1 Å². The van der Waals surface area contributed by atoms with Crippen LogP contribution in [0.4, 0.5) is 11.6 Å². The van der Waals surface area contributed by atoms with E-state index in [1.165, 1.54) is 19.0 Å². The van der Waals surface area contributed by atoms with Crippen LogP contribution in [0.5, 0.6) is 0 Å². The monoisotopic (exact) mass is 579 g/mol. The molecule has 4 aromatic rings. The van der Waals surface area contributed by atoms with E-state index in [1.807, 2.05) is 0 Å². The topological polar surface area (TPSA) is 224 Å². The van der Waals surface area contributed by atoms with Crippen LogP contribution < -0.4 is 11.5 Å². The summed E-state index contributed by atoms with van der Waals surface area (Å²) >= 11 is 5.23. The van der Waals surface area contributed by atoms with Crippen molar-refractivity contribution < 1.29 is 33.6 Å². The summed E-state index contributed by atoms with van der Waals surface area (Å²) in [6, 6.07) is 1.77. The highest BCUT2D eigenvalue weighted by atomic mass is 32.5. The molecule has 0 saturated carbocycles. The van der Waals surface area contributed by atoms with Crippen LogP contribution in [-0.2, 0) is 30.3 Å². The third-order valence-electron chi connectivity index (χ3n) is 6.78. The molecule has 0 radical (unpaired) electrons. The van der Waals surface area contributed by atoms with E-state index in [2.05, 4.69) is 24.9 Å². The van der Waals surface area contributed by atoms with Crippen LogP contribution in [0, 0.1) is 0 Å². The molecule has 0 aromatic carbocycles. The van der Waals surface area contributed by atoms with Gasteiger partial charge in [-0.3, -0.25) is 4.57 Å². The Balaban J connectivity index is 1.09. The van der Waals surface area contributed by atoms with Gasteiger partial charge in [0.2, 0.25) is 0 Å². The van der Waals surface area contributed by atoms with Crippen molar-refractivity contribution in [3.8, 4) is 0 Å². The molecule has 6 heterocycles. The number of aromatic nitrogens is 7. The second-order valence-corrected chi connectivity index (χ2v) is 12.0. The summed E-state index contributed by atoms with van der Waals surface area (Å²) in [5.74, 6) is 0.566. The summed E-state index contributed by atoms with van der Waals surface area (Å²) in [6.07, 6.45) is 2.00. The van der Waals surface area contributed by atoms with Crippen LogP contribution in [0.3, 0.4) is 0 Å². The molecule has 6 rings (SSSR count). The number of anilines is 2. The maximum absolute atomic E-state index is 10.8. The largest absolute Gasteiger partial charge is 0.394 e. The number of hydrogen-bond acceptors (Lipinski definition) is 14. The summed E-state index contributed by atoms with van der Waals surface area (Å²) < 4.78 is 26.6. The zero-order chi connectivity index (χ0) is 27.3. The Morgan fingerprint density at radius 1 is 1.00 bits per heavy atom. The number of nitrogens with two attached hydrogens (primary N) is 2. The second kappa shape index (κ2) is 10.3. The third kappa shape index (κ3) is 4.97. The molecular formula is C21H26N9O7PS. The molecule has 0 amide bonds. The number of fused-ring (bicyclic) bond motifs is 2. The van der Waals surface area contributed by atoms with Crippen molar-refractivity contribution in [3.05, 3.63) is 31.2 Å². The molecule has 18 heteroatoms. The summed E-state index contributed by atoms with van der Waals surface area (Å²) in [5, 5.41) is 21.1. The predicted molar refractivity (Wildman–Crippen MR) is 139 cm³/mol. The number of hydrogen-bond donors (Lipinski definition) is 5. The van der Waals surface area contributed by atoms with Gasteiger partial charge in [-0.2, -0.15) is 0 Å². The van der Waals surface area contributed by atoms with Crippen LogP contribution in [-0.4, -0.2) is 86.8 Å². The molecule has 4 aromatic heterocycles. The van der Waals surface area contributed by atoms with Gasteiger partial charge in [0.1, 0.15) is 54.3 Å². The average Bonchev–Trinajstić information content (AvgIpc) is 3.68. The number of imidazole rings is 1. The molecule has 7 atom stereocenters. The van der Waals surface area contributed by atoms with Gasteiger partial charge >= 0.3 is 6.72 Å². The van der Waals surface area contributed by atoms with Crippen molar-refractivity contribution in [1.29, 1.82) is 0 Å². The number of rotatable bonds is 8. The highest BCUT2D eigenvalue weighted by Crippen LogP contribution is 2.49. The maximum atomic E-state index is 10.8. The van der Waals surface area contributed by atoms with Gasteiger partial charge in [0.05, 0.1) is 37.1 Å². The minimum Gasteiger partial charge on any atom is -0.394 e. The number of nitrogens with zero attached hydrogens (tertiary/aromatic N) is 7. The quantitative estimate of drug-likeness (QED) is 0.173. The van der Waals surface area contributed by atoms with E-state index >= 15 is 0 Å². The summed E-state index contributed by atoms with van der Waals surface area (Å²) in [4.78, 5) is 31.4. The number of aliphatic hydroxyl groups is 2. The summed E-state index contributed by atoms with van der Waals surface area (Å²) in [6.45, 7) is -4.41. The van der Waals surface area contributed by atoms with E-state index in [4.69, 9.17) is 41.8 Å². The predicted octanol–water partition coefficient (Wildman–Crippen LogP) is -0.0176. The van der Waals surface area contributed by atoms with E-state index in [-0.39, 0.29) is 31.9 Å². The third-order valence-corrected chi connectivity index (χ3v) is 8.37. The molecule has 2 aliphatic heterocycles. The lowest BCUT2D eigenvalue weighted by Crippen LogP contribution is -2.29. The van der Waals surface area contributed by atoms with E-state index in [0.717, 1.165) is 0 Å². The van der Waals surface area contributed by atoms with E-state index in [1.54, 1.807) is 21.4 Å². The average molecular weight is 580 g/mol. The first-order valence-electron chi connectivity index (χ1n) is 12.0. The molecule has 7 N–H and O–H groups in total. The standard InChI is InChI=1S/C21H26N9O7PS/c22-18-10-1-2-29(20(10)26-7-24-18)16-4-12(13(5-31)35-16)37-38(33,39)34-6-14-11(32)3-15(36-14)30-9-28-17-19(23)25-8-27-21(17)30/h1-2,7-9,11-16,31-32H,3-6H2,(H,33,39)(H2,22,24,26)(H2,23,25,27)/t11-,12-,13+,14+,15+,16+,38?/m0/s1. The van der Waals surface area contributed by atoms with E-state index in [0.29, 0.717) is 28.0 Å². The SMILES string of the molecule is Nc1ncnc2c1ccn2[C@H]1C[C@H](OP(O)(=S)OC[C@H]2O[C@@H](n3cnc4c(N)ncnc43)C[C@@H]2O)[C@@H](CO)O1. The van der Waals surface area contributed by atoms with Crippen molar-refractivity contribution in [3.63, 3.8) is 0 Å². The zero-order valence-electron chi connectivity index (χ0n) is 20.3. The van der Waals surface area contributed by atoms with Crippen molar-refractivity contribution in [2.45, 2.75) is 49.7 Å². The van der Waals surface area contributed by atoms with Crippen LogP contribution in [0.1, 0.15) is 25.3 Å². The molecule has 2 fully saturated rings. The summed E-state index contributed by atoms with van der Waals surface area (Å²) in [7, 11) is 0. The van der Waals surface area contributed by atoms with Gasteiger partial charge in [0.15, 0.2) is 11.5 Å². The lowest BCUT2D eigenvalue weighted by atomic mass is 10.2. The van der Waals surface area contributed by atoms with Gasteiger partial charge in [-0.1, -0.05) is 0 Å². The van der Waals surface area contributed by atoms with Gasteiger partial charge in [0.25, 0.3) is 0 Å². The first-order valence-corrected chi connectivity index (χ1v) is 14.6. The number of aliphatic hydroxyl groups excluding tert-OH is 2. The Kier molecular flexibility index (Phi) is 6.95. The number of nitrogen functional groups attached to an aromatic ring is 2. The van der Waals surface area contributed by atoms with Crippen molar-refractivity contribution in [2.75, 3.05) is 24.7 Å². The Morgan fingerprint density at radius 2 is 1.72 bits per heavy atom. The molecule has 1 unspecified atom stereocenters. The Morgan fingerprint density at radius 3 is 2.51 bits per heavy atom. The highest BCUT2D eigenvalue weighted by Gasteiger charge is 2.42. The minimum absolute atomic E-state index is 0.224. The fourth-order valence-corrected chi connectivity index (χ4v) is 6.33. The molecule has 0 spiro atoms. The molecular weight excluding hydrogens is 553 g/mol. The van der Waals surface area contributed by atoms with Gasteiger partial charge < -0.3 is 49.7 Å². The number of ether oxygens (including phenoxy) is 2. The Labute approximate surface area is 225 Å². The normalized spacial score (nSPS) is 28.9. The second-order valence-electron chi connectivity index (χ2n) is 9.19. The van der Waals surface area contributed by atoms with Crippen molar-refractivity contribution in [1.82, 2.24) is 34.1 Å². The Hall–Kier alpha value is -2.86. The van der Waals surface area contributed by atoms with Gasteiger partial charge in [-0.25, -0.2) is 24.9 Å². The first kappa shape index (κ1) is 26.4. The lowest BCUT2D eigenvalue weighted by molar-refractivity contribution is -0.0506. The van der Waals surface area contributed by atoms with Crippen molar-refractivity contribution >= 4 is 52.4 Å². The van der Waals surface area contributed by atoms with Gasteiger partial charge in [-0.15, -0.1) is 0 Å². The molecule has 39 heavy (non-hydrogen) atoms. The molecule has 16 nitrogen and oxygen atoms in total. The fourth-order valence-electron chi connectivity index (χ4n) is 4.85. The van der Waals surface area contributed by atoms with E-state index < -0.39 is 43.6 Å². The first-order chi connectivity index (χ1) is 18.7. The highest BCUT2D eigenvalue weighted by molar-refractivity contribution is 8.07. The van der Waals surface area contributed by atoms with Crippen LogP contribution >= 0.6 is 6.72 Å². The molecule has 2 aliphatic rings. The van der Waals surface area contributed by atoms with Crippen LogP contribution in [0.15, 0.2) is 31.2 Å². The fraction of sp³-hybridized carbons (Fsp3) is 0.476. The van der Waals surface area contributed by atoms with Gasteiger partial charge in [-0.05, 0) is 17.9 Å². The molecule has 0 aliphatic carbocycles. The molecule has 2 saturated heterocycles. The minimum atomic E-state index is -3.82. The summed E-state index contributed by atoms with van der Waals surface area (Å²) in [5.41, 5.74) is 13.2. The zero-order valence-corrected chi connectivity index (χ0v) is 22.0. The van der Waals surface area contributed by atoms with Crippen LogP contribution in [0.2, 0.25) is 0 Å². The maximum Gasteiger partial charge on any atom is 0.324 e. The Bertz CT molecular complexity index is 1550. The van der Waals surface area contributed by atoms with Crippen LogP contribution in [0.25, 0.3) is 22.2 Å². The van der Waals surface area contributed by atoms with Gasteiger partial charge in [0, 0.05) is 19.0 Å². The molecule has 208 valence electrons. The van der Waals surface area contributed by atoms with Crippen molar-refractivity contribution in [2.24, 2.45) is 0 Å². The lowest BCUT2D eigenvalue weighted by Gasteiger charge is -2.24.